The van der Waals surface area contributed by atoms with E-state index in [0.717, 1.165) is 18.5 Å². The molecule has 17 heavy (non-hydrogen) atoms. The molecule has 0 aliphatic carbocycles. The summed E-state index contributed by atoms with van der Waals surface area (Å²) < 4.78 is 13.0. The number of aromatic nitrogens is 1. The number of pyridine rings is 1. The number of hydrazine groups is 1. The highest BCUT2D eigenvalue weighted by Crippen LogP contribution is 2.30. The van der Waals surface area contributed by atoms with Gasteiger partial charge in [-0.2, -0.15) is 4.39 Å². The fourth-order valence-corrected chi connectivity index (χ4v) is 2.14. The summed E-state index contributed by atoms with van der Waals surface area (Å²) in [5, 5.41) is 2.17. The molecule has 1 aliphatic rings. The number of aryl methyl sites for hydroxylation is 1. The second-order valence-electron chi connectivity index (χ2n) is 3.95. The van der Waals surface area contributed by atoms with Crippen molar-refractivity contribution in [3.8, 4) is 0 Å². The summed E-state index contributed by atoms with van der Waals surface area (Å²) in [6.07, 6.45) is 3.91. The van der Waals surface area contributed by atoms with Crippen molar-refractivity contribution in [2.45, 2.75) is 25.8 Å². The summed E-state index contributed by atoms with van der Waals surface area (Å²) >= 11 is 0. The van der Waals surface area contributed by atoms with E-state index in [9.17, 15) is 4.39 Å². The summed E-state index contributed by atoms with van der Waals surface area (Å²) in [6.45, 7) is 2.79. The zero-order valence-corrected chi connectivity index (χ0v) is 11.6. The molecule has 1 aromatic rings. The van der Waals surface area contributed by atoms with Crippen LogP contribution in [0.4, 0.5) is 4.39 Å². The Morgan fingerprint density at radius 2 is 2.18 bits per heavy atom. The molecule has 0 spiro atoms. The third kappa shape index (κ3) is 3.52. The van der Waals surface area contributed by atoms with Gasteiger partial charge < -0.3 is 0 Å². The number of nitrogens with one attached hydrogen (secondary N) is 1. The van der Waals surface area contributed by atoms with Crippen LogP contribution in [-0.2, 0) is 0 Å². The largest absolute Gasteiger partial charge is 0.258 e. The van der Waals surface area contributed by atoms with Gasteiger partial charge in [-0.05, 0) is 38.4 Å². The van der Waals surface area contributed by atoms with Crippen LogP contribution in [0.5, 0.6) is 0 Å². The average molecular weight is 282 g/mol. The molecule has 0 radical (unpaired) electrons. The van der Waals surface area contributed by atoms with Crippen molar-refractivity contribution in [3.05, 3.63) is 29.3 Å². The van der Waals surface area contributed by atoms with Crippen molar-refractivity contribution in [1.82, 2.24) is 15.4 Å². The third-order valence-electron chi connectivity index (χ3n) is 2.96. The van der Waals surface area contributed by atoms with Crippen molar-refractivity contribution in [2.24, 2.45) is 0 Å². The molecular weight excluding hydrogens is 264 g/mol. The Balaban J connectivity index is 0.00000128. The summed E-state index contributed by atoms with van der Waals surface area (Å²) in [6, 6.07) is 2.23. The van der Waals surface area contributed by atoms with Crippen LogP contribution in [0, 0.1) is 12.9 Å². The minimum absolute atomic E-state index is 0. The Morgan fingerprint density at radius 3 is 2.76 bits per heavy atom. The maximum absolute atomic E-state index is 13.0. The van der Waals surface area contributed by atoms with Gasteiger partial charge in [0.25, 0.3) is 0 Å². The monoisotopic (exact) mass is 281 g/mol. The van der Waals surface area contributed by atoms with E-state index in [4.69, 9.17) is 0 Å². The molecule has 98 valence electrons. The first kappa shape index (κ1) is 16.6. The molecule has 1 fully saturated rings. The van der Waals surface area contributed by atoms with Gasteiger partial charge in [-0.3, -0.25) is 5.43 Å². The van der Waals surface area contributed by atoms with Gasteiger partial charge in [0.05, 0.1) is 6.04 Å². The normalized spacial score (nSPS) is 19.6. The summed E-state index contributed by atoms with van der Waals surface area (Å²) in [7, 11) is 1.92. The van der Waals surface area contributed by atoms with E-state index in [1.165, 1.54) is 6.42 Å². The zero-order chi connectivity index (χ0) is 10.8. The molecule has 2 rings (SSSR count). The predicted molar refractivity (Wildman–Crippen MR) is 71.2 cm³/mol. The Bertz CT molecular complexity index is 363. The van der Waals surface area contributed by atoms with Crippen LogP contribution in [0.2, 0.25) is 0 Å². The molecule has 2 heterocycles. The fourth-order valence-electron chi connectivity index (χ4n) is 2.14. The third-order valence-corrected chi connectivity index (χ3v) is 2.96. The van der Waals surface area contributed by atoms with Crippen molar-refractivity contribution in [3.63, 3.8) is 0 Å². The van der Waals surface area contributed by atoms with Gasteiger partial charge in [-0.25, -0.2) is 9.99 Å². The van der Waals surface area contributed by atoms with Gasteiger partial charge in [0.2, 0.25) is 5.95 Å². The first-order valence-corrected chi connectivity index (χ1v) is 5.28. The molecule has 1 atom stereocenters. The average Bonchev–Trinajstić information content (AvgIpc) is 2.70. The Kier molecular flexibility index (Phi) is 6.94. The van der Waals surface area contributed by atoms with Crippen LogP contribution in [0.15, 0.2) is 12.3 Å². The van der Waals surface area contributed by atoms with Crippen LogP contribution in [0.25, 0.3) is 0 Å². The maximum atomic E-state index is 13.0. The summed E-state index contributed by atoms with van der Waals surface area (Å²) in [5.41, 5.74) is 4.88. The van der Waals surface area contributed by atoms with Gasteiger partial charge >= 0.3 is 0 Å². The molecule has 1 aromatic heterocycles. The lowest BCUT2D eigenvalue weighted by atomic mass is 10.1. The van der Waals surface area contributed by atoms with E-state index >= 15 is 0 Å². The van der Waals surface area contributed by atoms with Crippen molar-refractivity contribution < 1.29 is 4.39 Å². The first-order valence-electron chi connectivity index (χ1n) is 5.28. The second kappa shape index (κ2) is 7.11. The molecule has 1 saturated heterocycles. The van der Waals surface area contributed by atoms with Gasteiger partial charge in [-0.15, -0.1) is 24.8 Å². The molecule has 0 bridgehead atoms. The standard InChI is InChI=1S/C11H16FN3.2ClH/c1-8-6-9(7-14-11(8)12)10-4-3-5-15(10)13-2;;/h6-7,10,13H,3-5H2,1-2H3;2*1H. The molecule has 0 aromatic carbocycles. The van der Waals surface area contributed by atoms with Gasteiger partial charge in [0, 0.05) is 18.3 Å². The SMILES string of the molecule is CNN1CCCC1c1cnc(F)c(C)c1.Cl.Cl. The molecule has 1 N–H and O–H groups in total. The van der Waals surface area contributed by atoms with E-state index in [0.29, 0.717) is 11.6 Å². The van der Waals surface area contributed by atoms with Crippen LogP contribution < -0.4 is 5.43 Å². The van der Waals surface area contributed by atoms with Crippen LogP contribution >= 0.6 is 24.8 Å². The Morgan fingerprint density at radius 1 is 1.47 bits per heavy atom. The molecule has 3 nitrogen and oxygen atoms in total. The number of hydrogen-bond donors (Lipinski definition) is 1. The molecule has 0 amide bonds. The predicted octanol–water partition coefficient (Wildman–Crippen LogP) is 2.64. The number of hydrogen-bond acceptors (Lipinski definition) is 3. The fraction of sp³-hybridized carbons (Fsp3) is 0.545. The topological polar surface area (TPSA) is 28.2 Å². The van der Waals surface area contributed by atoms with E-state index in [-0.39, 0.29) is 30.8 Å². The van der Waals surface area contributed by atoms with E-state index in [1.807, 2.05) is 13.1 Å². The molecule has 1 unspecified atom stereocenters. The molecule has 1 aliphatic heterocycles. The van der Waals surface area contributed by atoms with E-state index in [2.05, 4.69) is 15.4 Å². The van der Waals surface area contributed by atoms with E-state index in [1.54, 1.807) is 13.1 Å². The quantitative estimate of drug-likeness (QED) is 0.845. The zero-order valence-electron chi connectivity index (χ0n) is 9.94. The minimum Gasteiger partial charge on any atom is -0.258 e. The lowest BCUT2D eigenvalue weighted by molar-refractivity contribution is 0.190. The van der Waals surface area contributed by atoms with Crippen LogP contribution in [-0.4, -0.2) is 23.6 Å². The van der Waals surface area contributed by atoms with Gasteiger partial charge in [-0.1, -0.05) is 0 Å². The number of halogens is 3. The summed E-state index contributed by atoms with van der Waals surface area (Å²) in [4.78, 5) is 3.77. The lowest BCUT2D eigenvalue weighted by Gasteiger charge is -2.23. The van der Waals surface area contributed by atoms with Gasteiger partial charge in [0.1, 0.15) is 0 Å². The molecule has 6 heteroatoms. The lowest BCUT2D eigenvalue weighted by Crippen LogP contribution is -2.34. The molecular formula is C11H18Cl2FN3. The highest BCUT2D eigenvalue weighted by atomic mass is 35.5. The maximum Gasteiger partial charge on any atom is 0.215 e. The Hall–Kier alpha value is -0.420. The number of nitrogens with zero attached hydrogens (tertiary/aromatic N) is 2. The van der Waals surface area contributed by atoms with Crippen molar-refractivity contribution in [2.75, 3.05) is 13.6 Å². The van der Waals surface area contributed by atoms with Crippen molar-refractivity contribution in [1.29, 1.82) is 0 Å². The Labute approximate surface area is 114 Å². The smallest absolute Gasteiger partial charge is 0.215 e. The first-order chi connectivity index (χ1) is 7.22. The van der Waals surface area contributed by atoms with Gasteiger partial charge in [0.15, 0.2) is 0 Å². The minimum atomic E-state index is -0.368. The van der Waals surface area contributed by atoms with Crippen molar-refractivity contribution >= 4 is 24.8 Å². The summed E-state index contributed by atoms with van der Waals surface area (Å²) in [5.74, 6) is -0.368. The van der Waals surface area contributed by atoms with Crippen LogP contribution in [0.3, 0.4) is 0 Å². The van der Waals surface area contributed by atoms with Crippen LogP contribution in [0.1, 0.15) is 30.0 Å². The number of rotatable bonds is 2. The second-order valence-corrected chi connectivity index (χ2v) is 3.95. The molecule has 0 saturated carbocycles. The van der Waals surface area contributed by atoms with E-state index < -0.39 is 0 Å². The highest BCUT2D eigenvalue weighted by molar-refractivity contribution is 5.85. The highest BCUT2D eigenvalue weighted by Gasteiger charge is 2.25.